The molecule has 2 aromatic rings. The molecule has 0 spiro atoms. The van der Waals surface area contributed by atoms with Crippen LogP contribution in [-0.2, 0) is 25.5 Å². The van der Waals surface area contributed by atoms with Gasteiger partial charge in [0.1, 0.15) is 5.60 Å². The molecule has 34 heavy (non-hydrogen) atoms. The lowest BCUT2D eigenvalue weighted by molar-refractivity contribution is -0.149. The van der Waals surface area contributed by atoms with Gasteiger partial charge < -0.3 is 20.1 Å². The van der Waals surface area contributed by atoms with E-state index in [4.69, 9.17) is 21.1 Å². The van der Waals surface area contributed by atoms with Crippen molar-refractivity contribution in [2.75, 3.05) is 11.9 Å². The van der Waals surface area contributed by atoms with Gasteiger partial charge in [0.15, 0.2) is 11.7 Å². The van der Waals surface area contributed by atoms with E-state index in [2.05, 4.69) is 10.6 Å². The predicted octanol–water partition coefficient (Wildman–Crippen LogP) is 4.46. The van der Waals surface area contributed by atoms with E-state index in [9.17, 15) is 19.2 Å². The Hall–Kier alpha value is -3.39. The molecule has 9 heteroatoms. The maximum Gasteiger partial charge on any atom is 0.408 e. The maximum atomic E-state index is 12.6. The number of nitrogens with one attached hydrogen (secondary N) is 2. The summed E-state index contributed by atoms with van der Waals surface area (Å²) in [5.74, 6) is -3.79. The van der Waals surface area contributed by atoms with E-state index < -0.39 is 35.3 Å². The molecule has 2 amide bonds. The largest absolute Gasteiger partial charge is 0.464 e. The number of benzene rings is 2. The molecule has 1 heterocycles. The van der Waals surface area contributed by atoms with Gasteiger partial charge in [-0.1, -0.05) is 35.9 Å². The molecule has 2 atom stereocenters. The summed E-state index contributed by atoms with van der Waals surface area (Å²) in [6.07, 6.45) is -0.0998. The Morgan fingerprint density at radius 2 is 1.79 bits per heavy atom. The summed E-state index contributed by atoms with van der Waals surface area (Å²) in [5.41, 5.74) is 1.69. The molecule has 1 aliphatic heterocycles. The van der Waals surface area contributed by atoms with E-state index in [1.807, 2.05) is 31.2 Å². The van der Waals surface area contributed by atoms with Gasteiger partial charge in [0.2, 0.25) is 5.91 Å². The van der Waals surface area contributed by atoms with Crippen LogP contribution in [-0.4, -0.2) is 36.0 Å². The molecule has 1 aliphatic rings. The fourth-order valence-corrected chi connectivity index (χ4v) is 3.59. The summed E-state index contributed by atoms with van der Waals surface area (Å²) in [7, 11) is 0. The number of ketones is 1. The number of fused-ring (bicyclic) bond motifs is 1. The van der Waals surface area contributed by atoms with Crippen molar-refractivity contribution in [3.63, 3.8) is 0 Å². The third-order valence-electron chi connectivity index (χ3n) is 5.11. The van der Waals surface area contributed by atoms with Gasteiger partial charge in [-0.3, -0.25) is 14.4 Å². The van der Waals surface area contributed by atoms with E-state index in [-0.39, 0.29) is 23.9 Å². The summed E-state index contributed by atoms with van der Waals surface area (Å²) < 4.78 is 10.5. The topological polar surface area (TPSA) is 111 Å². The second-order valence-corrected chi connectivity index (χ2v) is 9.44. The summed E-state index contributed by atoms with van der Waals surface area (Å²) in [5, 5.41) is 5.68. The predicted molar refractivity (Wildman–Crippen MR) is 127 cm³/mol. The van der Waals surface area contributed by atoms with Crippen molar-refractivity contribution in [3.8, 4) is 0 Å². The molecule has 0 aliphatic carbocycles. The van der Waals surface area contributed by atoms with E-state index in [0.717, 1.165) is 11.1 Å². The number of carbonyl (C=O) groups is 4. The Kier molecular flexibility index (Phi) is 7.61. The Morgan fingerprint density at radius 1 is 1.12 bits per heavy atom. The van der Waals surface area contributed by atoms with Crippen LogP contribution in [0.1, 0.15) is 55.2 Å². The van der Waals surface area contributed by atoms with Gasteiger partial charge in [-0.25, -0.2) is 4.79 Å². The highest BCUT2D eigenvalue weighted by Crippen LogP contribution is 2.29. The molecule has 8 nitrogen and oxygen atoms in total. The smallest absolute Gasteiger partial charge is 0.408 e. The Labute approximate surface area is 203 Å². The van der Waals surface area contributed by atoms with Crippen LogP contribution in [0.5, 0.6) is 0 Å². The molecular weight excluding hydrogens is 460 g/mol. The van der Waals surface area contributed by atoms with Gasteiger partial charge in [-0.2, -0.15) is 0 Å². The lowest BCUT2D eigenvalue weighted by Crippen LogP contribution is -2.41. The Bertz CT molecular complexity index is 1110. The average Bonchev–Trinajstić information content (AvgIpc) is 2.72. The van der Waals surface area contributed by atoms with Gasteiger partial charge in [0.25, 0.3) is 0 Å². The first-order valence-corrected chi connectivity index (χ1v) is 11.2. The number of amides is 2. The number of hydrogen-bond donors (Lipinski definition) is 2. The summed E-state index contributed by atoms with van der Waals surface area (Å²) in [6, 6.07) is 11.6. The molecule has 0 saturated heterocycles. The van der Waals surface area contributed by atoms with Crippen molar-refractivity contribution in [2.45, 2.75) is 45.8 Å². The zero-order chi connectivity index (χ0) is 25.0. The summed E-state index contributed by atoms with van der Waals surface area (Å²) in [4.78, 5) is 49.3. The highest BCUT2D eigenvalue weighted by atomic mass is 35.5. The number of ether oxygens (including phenoxy) is 2. The SMILES string of the molecule is CC(NC(=O)OC(C)(C)C)c1ccc(CCOC(=O)C2C(=O)Nc3cc(Cl)ccc3C2=O)cc1. The number of esters is 1. The quantitative estimate of drug-likeness (QED) is 0.460. The lowest BCUT2D eigenvalue weighted by Gasteiger charge is -2.22. The molecule has 2 unspecified atom stereocenters. The summed E-state index contributed by atoms with van der Waals surface area (Å²) in [6.45, 7) is 7.24. The fourth-order valence-electron chi connectivity index (χ4n) is 3.42. The van der Waals surface area contributed by atoms with Gasteiger partial charge in [0.05, 0.1) is 18.3 Å². The standard InChI is InChI=1S/C25H27ClN2O6/c1-14(27-24(32)34-25(2,3)4)16-7-5-15(6-8-16)11-12-33-23(31)20-21(29)18-10-9-17(26)13-19(18)28-22(20)30/h5-10,13-14,20H,11-12H2,1-4H3,(H,27,32)(H,28,30). The number of anilines is 1. The maximum absolute atomic E-state index is 12.6. The molecule has 0 fully saturated rings. The lowest BCUT2D eigenvalue weighted by atomic mass is 9.92. The second-order valence-electron chi connectivity index (χ2n) is 9.00. The summed E-state index contributed by atoms with van der Waals surface area (Å²) >= 11 is 5.89. The third-order valence-corrected chi connectivity index (χ3v) is 5.35. The van der Waals surface area contributed by atoms with Crippen LogP contribution in [0.2, 0.25) is 5.02 Å². The minimum atomic E-state index is -1.55. The van der Waals surface area contributed by atoms with E-state index in [1.54, 1.807) is 20.8 Å². The monoisotopic (exact) mass is 486 g/mol. The van der Waals surface area contributed by atoms with Crippen LogP contribution in [0, 0.1) is 5.92 Å². The van der Waals surface area contributed by atoms with Crippen molar-refractivity contribution in [1.82, 2.24) is 5.32 Å². The van der Waals surface area contributed by atoms with Crippen LogP contribution in [0.3, 0.4) is 0 Å². The fraction of sp³-hybridized carbons (Fsp3) is 0.360. The van der Waals surface area contributed by atoms with Gasteiger partial charge in [0, 0.05) is 17.0 Å². The van der Waals surface area contributed by atoms with Crippen LogP contribution in [0.25, 0.3) is 0 Å². The average molecular weight is 487 g/mol. The van der Waals surface area contributed by atoms with Crippen molar-refractivity contribution in [3.05, 3.63) is 64.2 Å². The Balaban J connectivity index is 1.52. The van der Waals surface area contributed by atoms with Crippen LogP contribution in [0.4, 0.5) is 10.5 Å². The third kappa shape index (κ3) is 6.35. The van der Waals surface area contributed by atoms with E-state index in [1.165, 1.54) is 18.2 Å². The number of Topliss-reactive ketones (excluding diaryl/α,β-unsaturated/α-hetero) is 1. The molecule has 2 N–H and O–H groups in total. The Morgan fingerprint density at radius 3 is 2.44 bits per heavy atom. The zero-order valence-electron chi connectivity index (χ0n) is 19.4. The molecule has 3 rings (SSSR count). The highest BCUT2D eigenvalue weighted by Gasteiger charge is 2.41. The number of carbonyl (C=O) groups excluding carboxylic acids is 4. The minimum Gasteiger partial charge on any atom is -0.464 e. The number of hydrogen-bond acceptors (Lipinski definition) is 6. The molecule has 0 aromatic heterocycles. The first-order chi connectivity index (χ1) is 15.9. The van der Waals surface area contributed by atoms with Gasteiger partial charge >= 0.3 is 12.1 Å². The first-order valence-electron chi connectivity index (χ1n) is 10.8. The molecule has 0 bridgehead atoms. The molecule has 180 valence electrons. The molecule has 0 saturated carbocycles. The van der Waals surface area contributed by atoms with Crippen molar-refractivity contribution in [1.29, 1.82) is 0 Å². The van der Waals surface area contributed by atoms with Crippen LogP contribution in [0.15, 0.2) is 42.5 Å². The van der Waals surface area contributed by atoms with E-state index >= 15 is 0 Å². The molecule has 0 radical (unpaired) electrons. The number of halogens is 1. The number of rotatable bonds is 6. The van der Waals surface area contributed by atoms with Crippen molar-refractivity contribution >= 4 is 41.0 Å². The van der Waals surface area contributed by atoms with Crippen molar-refractivity contribution < 1.29 is 28.7 Å². The molecule has 2 aromatic carbocycles. The first kappa shape index (κ1) is 25.2. The normalized spacial score (nSPS) is 16.2. The zero-order valence-corrected chi connectivity index (χ0v) is 20.2. The number of alkyl carbamates (subject to hydrolysis) is 1. The van der Waals surface area contributed by atoms with Gasteiger partial charge in [-0.15, -0.1) is 0 Å². The van der Waals surface area contributed by atoms with Crippen molar-refractivity contribution in [2.24, 2.45) is 5.92 Å². The van der Waals surface area contributed by atoms with Gasteiger partial charge in [-0.05, 0) is 57.0 Å². The second kappa shape index (κ2) is 10.3. The highest BCUT2D eigenvalue weighted by molar-refractivity contribution is 6.33. The van der Waals surface area contributed by atoms with E-state index in [0.29, 0.717) is 11.4 Å². The van der Waals surface area contributed by atoms with Crippen LogP contribution >= 0.6 is 11.6 Å². The van der Waals surface area contributed by atoms with Crippen LogP contribution < -0.4 is 10.6 Å². The molecular formula is C25H27ClN2O6. The minimum absolute atomic E-state index is 0.00836.